The molecular weight excluding hydrogens is 216 g/mol. The fourth-order valence-corrected chi connectivity index (χ4v) is 1.49. The summed E-state index contributed by atoms with van der Waals surface area (Å²) in [5, 5.41) is 9.29. The normalized spacial score (nSPS) is 11.9. The molecule has 0 aliphatic heterocycles. The minimum atomic E-state index is -0.241. The monoisotopic (exact) mass is 238 g/mol. The molecule has 0 radical (unpaired) electrons. The molecule has 0 saturated carbocycles. The molecule has 0 unspecified atom stereocenters. The third-order valence-corrected chi connectivity index (χ3v) is 3.13. The average molecular weight is 238 g/mol. The first-order chi connectivity index (χ1) is 7.90. The Morgan fingerprint density at radius 3 is 2.53 bits per heavy atom. The van der Waals surface area contributed by atoms with Crippen molar-refractivity contribution in [3.63, 3.8) is 0 Å². The summed E-state index contributed by atoms with van der Waals surface area (Å²) in [7, 11) is 3.59. The molecule has 0 fully saturated rings. The highest BCUT2D eigenvalue weighted by molar-refractivity contribution is 5.54. The third-order valence-electron chi connectivity index (χ3n) is 3.13. The topological polar surface area (TPSA) is 58.7 Å². The molecule has 17 heavy (non-hydrogen) atoms. The third kappa shape index (κ3) is 3.35. The van der Waals surface area contributed by atoms with Gasteiger partial charge in [-0.05, 0) is 38.6 Å². The van der Waals surface area contributed by atoms with Crippen LogP contribution in [-0.2, 0) is 6.54 Å². The van der Waals surface area contributed by atoms with Crippen LogP contribution in [0.2, 0.25) is 0 Å². The van der Waals surface area contributed by atoms with E-state index in [1.54, 1.807) is 7.11 Å². The van der Waals surface area contributed by atoms with Crippen LogP contribution in [0.25, 0.3) is 0 Å². The van der Waals surface area contributed by atoms with Gasteiger partial charge < -0.3 is 15.6 Å². The number of methoxy groups -OCH3 is 1. The van der Waals surface area contributed by atoms with Crippen molar-refractivity contribution in [2.24, 2.45) is 0 Å². The molecule has 0 saturated heterocycles. The number of nitrogens with two attached hydrogens (primary N) is 1. The Morgan fingerprint density at radius 2 is 2.06 bits per heavy atom. The van der Waals surface area contributed by atoms with Gasteiger partial charge >= 0.3 is 0 Å². The van der Waals surface area contributed by atoms with Crippen molar-refractivity contribution in [1.29, 1.82) is 0 Å². The summed E-state index contributed by atoms with van der Waals surface area (Å²) >= 11 is 0. The average Bonchev–Trinajstić information content (AvgIpc) is 2.29. The lowest BCUT2D eigenvalue weighted by molar-refractivity contribution is 0.0734. The summed E-state index contributed by atoms with van der Waals surface area (Å²) in [5.74, 6) is 0.692. The van der Waals surface area contributed by atoms with Gasteiger partial charge in [-0.25, -0.2) is 0 Å². The van der Waals surface area contributed by atoms with Crippen LogP contribution < -0.4 is 10.5 Å². The van der Waals surface area contributed by atoms with E-state index in [0.29, 0.717) is 11.4 Å². The lowest BCUT2D eigenvalue weighted by Gasteiger charge is -2.34. The standard InChI is InChI=1S/C13H22N2O2/c1-13(2,9-16)15(3)8-10-5-6-12(17-4)11(14)7-10/h5-7,16H,8-9,14H2,1-4H3. The number of aliphatic hydroxyl groups excluding tert-OH is 1. The molecule has 1 rings (SSSR count). The number of nitrogen functional groups attached to an aromatic ring is 1. The van der Waals surface area contributed by atoms with Crippen LogP contribution in [0.15, 0.2) is 18.2 Å². The Kier molecular flexibility index (Phi) is 4.37. The first kappa shape index (κ1) is 13.8. The zero-order valence-electron chi connectivity index (χ0n) is 11.0. The highest BCUT2D eigenvalue weighted by Gasteiger charge is 2.22. The molecule has 4 heteroatoms. The Morgan fingerprint density at radius 1 is 1.41 bits per heavy atom. The smallest absolute Gasteiger partial charge is 0.141 e. The van der Waals surface area contributed by atoms with Crippen LogP contribution in [0, 0.1) is 0 Å². The summed E-state index contributed by atoms with van der Waals surface area (Å²) < 4.78 is 5.11. The van der Waals surface area contributed by atoms with Crippen molar-refractivity contribution in [1.82, 2.24) is 4.90 Å². The first-order valence-electron chi connectivity index (χ1n) is 5.65. The molecule has 0 aromatic heterocycles. The molecule has 0 amide bonds. The lowest BCUT2D eigenvalue weighted by atomic mass is 10.0. The molecule has 0 spiro atoms. The Hall–Kier alpha value is -1.26. The van der Waals surface area contributed by atoms with E-state index in [1.165, 1.54) is 0 Å². The maximum absolute atomic E-state index is 9.29. The van der Waals surface area contributed by atoms with Crippen LogP contribution >= 0.6 is 0 Å². The SMILES string of the molecule is COc1ccc(CN(C)C(C)(C)CO)cc1N. The molecule has 4 nitrogen and oxygen atoms in total. The Labute approximate surface area is 103 Å². The van der Waals surface area contributed by atoms with Gasteiger partial charge in [-0.15, -0.1) is 0 Å². The number of hydrogen-bond donors (Lipinski definition) is 2. The maximum atomic E-state index is 9.29. The molecule has 0 aliphatic rings. The number of likely N-dealkylation sites (N-methyl/N-ethyl adjacent to an activating group) is 1. The minimum Gasteiger partial charge on any atom is -0.495 e. The van der Waals surface area contributed by atoms with Crippen molar-refractivity contribution in [2.45, 2.75) is 25.9 Å². The number of hydrogen-bond acceptors (Lipinski definition) is 4. The summed E-state index contributed by atoms with van der Waals surface area (Å²) in [4.78, 5) is 2.09. The number of aliphatic hydroxyl groups is 1. The molecule has 0 aliphatic carbocycles. The highest BCUT2D eigenvalue weighted by Crippen LogP contribution is 2.23. The summed E-state index contributed by atoms with van der Waals surface area (Å²) in [6.45, 7) is 4.86. The predicted octanol–water partition coefficient (Wildman–Crippen LogP) is 1.48. The van der Waals surface area contributed by atoms with Crippen LogP contribution in [-0.4, -0.2) is 36.3 Å². The molecule has 1 aromatic carbocycles. The molecule has 1 aromatic rings. The van der Waals surface area contributed by atoms with E-state index in [2.05, 4.69) is 4.90 Å². The van der Waals surface area contributed by atoms with E-state index in [9.17, 15) is 5.11 Å². The van der Waals surface area contributed by atoms with E-state index >= 15 is 0 Å². The van der Waals surface area contributed by atoms with Crippen LogP contribution in [0.4, 0.5) is 5.69 Å². The molecule has 3 N–H and O–H groups in total. The second-order valence-corrected chi connectivity index (χ2v) is 4.90. The first-order valence-corrected chi connectivity index (χ1v) is 5.65. The van der Waals surface area contributed by atoms with Crippen LogP contribution in [0.3, 0.4) is 0 Å². The van der Waals surface area contributed by atoms with Gasteiger partial charge in [0.15, 0.2) is 0 Å². The fraction of sp³-hybridized carbons (Fsp3) is 0.538. The van der Waals surface area contributed by atoms with Crippen LogP contribution in [0.1, 0.15) is 19.4 Å². The highest BCUT2D eigenvalue weighted by atomic mass is 16.5. The van der Waals surface area contributed by atoms with Crippen LogP contribution in [0.5, 0.6) is 5.75 Å². The lowest BCUT2D eigenvalue weighted by Crippen LogP contribution is -2.43. The van der Waals surface area contributed by atoms with Gasteiger partial charge in [-0.2, -0.15) is 0 Å². The molecule has 0 bridgehead atoms. The van der Waals surface area contributed by atoms with E-state index in [0.717, 1.165) is 12.1 Å². The van der Waals surface area contributed by atoms with Crippen molar-refractivity contribution < 1.29 is 9.84 Å². The van der Waals surface area contributed by atoms with E-state index in [-0.39, 0.29) is 12.1 Å². The van der Waals surface area contributed by atoms with Crippen molar-refractivity contribution >= 4 is 5.69 Å². The molecular formula is C13H22N2O2. The van der Waals surface area contributed by atoms with Gasteiger partial charge in [-0.1, -0.05) is 6.07 Å². The Bertz CT molecular complexity index is 378. The summed E-state index contributed by atoms with van der Waals surface area (Å²) in [5.41, 5.74) is 7.36. The second kappa shape index (κ2) is 5.38. The van der Waals surface area contributed by atoms with E-state index in [4.69, 9.17) is 10.5 Å². The fourth-order valence-electron chi connectivity index (χ4n) is 1.49. The van der Waals surface area contributed by atoms with Crippen molar-refractivity contribution in [3.05, 3.63) is 23.8 Å². The summed E-state index contributed by atoms with van der Waals surface area (Å²) in [6, 6.07) is 5.76. The van der Waals surface area contributed by atoms with E-state index in [1.807, 2.05) is 39.1 Å². The quantitative estimate of drug-likeness (QED) is 0.763. The molecule has 0 heterocycles. The van der Waals surface area contributed by atoms with Crippen molar-refractivity contribution in [3.8, 4) is 5.75 Å². The number of benzene rings is 1. The second-order valence-electron chi connectivity index (χ2n) is 4.90. The largest absolute Gasteiger partial charge is 0.495 e. The minimum absolute atomic E-state index is 0.120. The molecule has 96 valence electrons. The predicted molar refractivity (Wildman–Crippen MR) is 70.0 cm³/mol. The number of anilines is 1. The van der Waals surface area contributed by atoms with E-state index < -0.39 is 0 Å². The summed E-state index contributed by atoms with van der Waals surface area (Å²) in [6.07, 6.45) is 0. The zero-order valence-corrected chi connectivity index (χ0v) is 11.0. The number of nitrogens with zero attached hydrogens (tertiary/aromatic N) is 1. The zero-order chi connectivity index (χ0) is 13.1. The van der Waals surface area contributed by atoms with Crippen molar-refractivity contribution in [2.75, 3.05) is 26.5 Å². The number of rotatable bonds is 5. The van der Waals surface area contributed by atoms with Gasteiger partial charge in [-0.3, -0.25) is 4.90 Å². The van der Waals surface area contributed by atoms with Gasteiger partial charge in [0.1, 0.15) is 5.75 Å². The van der Waals surface area contributed by atoms with Gasteiger partial charge in [0.25, 0.3) is 0 Å². The number of ether oxygens (including phenoxy) is 1. The van der Waals surface area contributed by atoms with Gasteiger partial charge in [0.05, 0.1) is 19.4 Å². The molecule has 0 atom stereocenters. The maximum Gasteiger partial charge on any atom is 0.141 e. The Balaban J connectivity index is 2.79. The van der Waals surface area contributed by atoms with Gasteiger partial charge in [0.2, 0.25) is 0 Å². The van der Waals surface area contributed by atoms with Gasteiger partial charge in [0, 0.05) is 12.1 Å².